The quantitative estimate of drug-likeness (QED) is 0.765. The molecule has 5 rings (SSSR count). The Bertz CT molecular complexity index is 989. The monoisotopic (exact) mass is 409 g/mol. The van der Waals surface area contributed by atoms with Crippen molar-refractivity contribution >= 4 is 11.7 Å². The summed E-state index contributed by atoms with van der Waals surface area (Å²) in [7, 11) is 1.57. The van der Waals surface area contributed by atoms with Crippen LogP contribution < -0.4 is 15.2 Å². The summed E-state index contributed by atoms with van der Waals surface area (Å²) < 4.78 is 7.00. The molecule has 3 atom stereocenters. The molecule has 3 aliphatic heterocycles. The zero-order chi connectivity index (χ0) is 20.7. The van der Waals surface area contributed by atoms with Crippen LogP contribution in [0.25, 0.3) is 0 Å². The molecule has 3 unspecified atom stereocenters. The summed E-state index contributed by atoms with van der Waals surface area (Å²) in [6.45, 7) is 3.72. The molecule has 158 valence electrons. The van der Waals surface area contributed by atoms with E-state index >= 15 is 0 Å². The first-order valence-corrected chi connectivity index (χ1v) is 10.7. The Morgan fingerprint density at radius 3 is 2.80 bits per heavy atom. The normalized spacial score (nSPS) is 25.6. The summed E-state index contributed by atoms with van der Waals surface area (Å²) >= 11 is 0. The summed E-state index contributed by atoms with van der Waals surface area (Å²) in [4.78, 5) is 29.8. The molecule has 2 saturated heterocycles. The minimum Gasteiger partial charge on any atom is -0.480 e. The van der Waals surface area contributed by atoms with Gasteiger partial charge in [0.25, 0.3) is 5.56 Å². The molecule has 3 aliphatic rings. The van der Waals surface area contributed by atoms with E-state index in [9.17, 15) is 9.59 Å². The van der Waals surface area contributed by atoms with Crippen molar-refractivity contribution in [2.75, 3.05) is 38.2 Å². The third kappa shape index (κ3) is 3.44. The van der Waals surface area contributed by atoms with Crippen molar-refractivity contribution in [3.05, 3.63) is 46.4 Å². The number of ether oxygens (including phenoxy) is 1. The smallest absolute Gasteiger partial charge is 0.250 e. The molecule has 2 aromatic heterocycles. The van der Waals surface area contributed by atoms with Crippen molar-refractivity contribution in [1.29, 1.82) is 0 Å². The summed E-state index contributed by atoms with van der Waals surface area (Å²) in [6, 6.07) is 9.22. The summed E-state index contributed by atoms with van der Waals surface area (Å²) in [6.07, 6.45) is 2.93. The minimum atomic E-state index is -0.0283. The first-order valence-electron chi connectivity index (χ1n) is 10.7. The molecule has 30 heavy (non-hydrogen) atoms. The van der Waals surface area contributed by atoms with Crippen LogP contribution in [0, 0.1) is 11.8 Å². The fourth-order valence-corrected chi connectivity index (χ4v) is 5.31. The average molecular weight is 409 g/mol. The van der Waals surface area contributed by atoms with Crippen molar-refractivity contribution in [2.24, 2.45) is 11.8 Å². The highest BCUT2D eigenvalue weighted by molar-refractivity contribution is 5.80. The number of pyridine rings is 1. The largest absolute Gasteiger partial charge is 0.480 e. The number of carbonyl (C=O) groups is 1. The second-order valence-corrected chi connectivity index (χ2v) is 8.66. The molecule has 0 spiro atoms. The predicted octanol–water partition coefficient (Wildman–Crippen LogP) is 1.51. The molecule has 0 radical (unpaired) electrons. The van der Waals surface area contributed by atoms with Gasteiger partial charge in [0.1, 0.15) is 0 Å². The van der Waals surface area contributed by atoms with Gasteiger partial charge in [0, 0.05) is 56.5 Å². The van der Waals surface area contributed by atoms with Crippen molar-refractivity contribution in [1.82, 2.24) is 19.7 Å². The van der Waals surface area contributed by atoms with Gasteiger partial charge in [-0.05, 0) is 37.3 Å². The summed E-state index contributed by atoms with van der Waals surface area (Å²) in [5.74, 6) is 2.09. The maximum absolute atomic E-state index is 13.4. The number of carbonyl (C=O) groups excluding carboxylic acids is 1. The third-order valence-corrected chi connectivity index (χ3v) is 6.72. The SMILES string of the molecule is COc1ccc(N2CCCC(C(=O)N3CC4CC(C3)c3cccc(=O)n3C4)C2)nn1. The third-order valence-electron chi connectivity index (χ3n) is 6.72. The fourth-order valence-electron chi connectivity index (χ4n) is 5.31. The van der Waals surface area contributed by atoms with Gasteiger partial charge in [-0.15, -0.1) is 10.2 Å². The van der Waals surface area contributed by atoms with Gasteiger partial charge in [-0.25, -0.2) is 0 Å². The number of rotatable bonds is 3. The molecular formula is C22H27N5O3. The van der Waals surface area contributed by atoms with Crippen molar-refractivity contribution in [3.63, 3.8) is 0 Å². The topological polar surface area (TPSA) is 80.6 Å². The van der Waals surface area contributed by atoms with E-state index in [-0.39, 0.29) is 23.3 Å². The van der Waals surface area contributed by atoms with Gasteiger partial charge in [-0.3, -0.25) is 9.59 Å². The zero-order valence-electron chi connectivity index (χ0n) is 17.2. The van der Waals surface area contributed by atoms with E-state index in [0.29, 0.717) is 31.4 Å². The lowest BCUT2D eigenvalue weighted by atomic mass is 9.82. The number of amides is 1. The first kappa shape index (κ1) is 19.1. The van der Waals surface area contributed by atoms with Gasteiger partial charge in [-0.1, -0.05) is 6.07 Å². The molecule has 0 saturated carbocycles. The van der Waals surface area contributed by atoms with Gasteiger partial charge >= 0.3 is 0 Å². The van der Waals surface area contributed by atoms with Crippen LogP contribution in [0.5, 0.6) is 5.88 Å². The molecule has 0 aliphatic carbocycles. The standard InChI is InChI=1S/C22H27N5O3/c1-30-20-8-7-19(23-24-20)25-9-3-4-16(13-25)22(29)26-11-15-10-17(14-26)18-5-2-6-21(28)27(18)12-15/h2,5-8,15-17H,3-4,9-14H2,1H3. The molecular weight excluding hydrogens is 382 g/mol. The van der Waals surface area contributed by atoms with Crippen LogP contribution in [0.3, 0.4) is 0 Å². The van der Waals surface area contributed by atoms with Gasteiger partial charge in [0.2, 0.25) is 11.8 Å². The predicted molar refractivity (Wildman–Crippen MR) is 112 cm³/mol. The summed E-state index contributed by atoms with van der Waals surface area (Å²) in [5, 5.41) is 8.31. The molecule has 2 fully saturated rings. The molecule has 8 heteroatoms. The molecule has 0 N–H and O–H groups in total. The Hall–Kier alpha value is -2.90. The van der Waals surface area contributed by atoms with Crippen LogP contribution in [0.1, 0.15) is 30.9 Å². The number of hydrogen-bond donors (Lipinski definition) is 0. The second-order valence-electron chi connectivity index (χ2n) is 8.66. The second kappa shape index (κ2) is 7.74. The van der Waals surface area contributed by atoms with Gasteiger partial charge < -0.3 is 19.1 Å². The number of piperidine rings is 2. The van der Waals surface area contributed by atoms with Crippen molar-refractivity contribution in [2.45, 2.75) is 31.7 Å². The Labute approximate surface area is 175 Å². The van der Waals surface area contributed by atoms with Crippen LogP contribution >= 0.6 is 0 Å². The van der Waals surface area contributed by atoms with E-state index < -0.39 is 0 Å². The van der Waals surface area contributed by atoms with E-state index in [4.69, 9.17) is 4.74 Å². The van der Waals surface area contributed by atoms with Crippen LogP contribution in [0.15, 0.2) is 35.1 Å². The maximum Gasteiger partial charge on any atom is 0.250 e. The summed E-state index contributed by atoms with van der Waals surface area (Å²) in [5.41, 5.74) is 1.15. The lowest BCUT2D eigenvalue weighted by Gasteiger charge is -2.44. The van der Waals surface area contributed by atoms with Crippen LogP contribution in [0.4, 0.5) is 5.82 Å². The molecule has 2 aromatic rings. The van der Waals surface area contributed by atoms with Crippen LogP contribution in [-0.4, -0.2) is 58.9 Å². The van der Waals surface area contributed by atoms with Crippen molar-refractivity contribution < 1.29 is 9.53 Å². The van der Waals surface area contributed by atoms with Crippen molar-refractivity contribution in [3.8, 4) is 5.88 Å². The lowest BCUT2D eigenvalue weighted by molar-refractivity contribution is -0.138. The van der Waals surface area contributed by atoms with Gasteiger partial charge in [0.05, 0.1) is 13.0 Å². The van der Waals surface area contributed by atoms with Crippen LogP contribution in [-0.2, 0) is 11.3 Å². The molecule has 1 amide bonds. The van der Waals surface area contributed by atoms with E-state index in [2.05, 4.69) is 15.1 Å². The van der Waals surface area contributed by atoms with Gasteiger partial charge in [-0.2, -0.15) is 0 Å². The highest BCUT2D eigenvalue weighted by Gasteiger charge is 2.39. The van der Waals surface area contributed by atoms with E-state index in [1.54, 1.807) is 19.2 Å². The minimum absolute atomic E-state index is 0.0283. The lowest BCUT2D eigenvalue weighted by Crippen LogP contribution is -2.52. The van der Waals surface area contributed by atoms with E-state index in [0.717, 1.165) is 43.9 Å². The average Bonchev–Trinajstić information content (AvgIpc) is 2.79. The Kier molecular flexibility index (Phi) is 4.92. The number of hydrogen-bond acceptors (Lipinski definition) is 6. The number of anilines is 1. The number of nitrogens with zero attached hydrogens (tertiary/aromatic N) is 5. The van der Waals surface area contributed by atoms with E-state index in [1.165, 1.54) is 0 Å². The maximum atomic E-state index is 13.4. The number of likely N-dealkylation sites (tertiary alicyclic amines) is 1. The molecule has 8 nitrogen and oxygen atoms in total. The highest BCUT2D eigenvalue weighted by atomic mass is 16.5. The number of aromatic nitrogens is 3. The Morgan fingerprint density at radius 1 is 1.10 bits per heavy atom. The van der Waals surface area contributed by atoms with Crippen LogP contribution in [0.2, 0.25) is 0 Å². The fraction of sp³-hybridized carbons (Fsp3) is 0.545. The first-order chi connectivity index (χ1) is 14.6. The highest BCUT2D eigenvalue weighted by Crippen LogP contribution is 2.36. The zero-order valence-corrected chi connectivity index (χ0v) is 17.2. The number of methoxy groups -OCH3 is 1. The van der Waals surface area contributed by atoms with E-state index in [1.807, 2.05) is 27.7 Å². The Balaban J connectivity index is 1.29. The molecule has 5 heterocycles. The number of fused-ring (bicyclic) bond motifs is 4. The molecule has 2 bridgehead atoms. The molecule has 0 aromatic carbocycles. The Morgan fingerprint density at radius 2 is 2.00 bits per heavy atom. The van der Waals surface area contributed by atoms with Gasteiger partial charge in [0.15, 0.2) is 5.82 Å².